The zero-order valence-electron chi connectivity index (χ0n) is 16.7. The standard InChI is InChI=1S/C21H20F3N3O4/c1-12-18(16-8-3-4-9-25-16)19(14-6-5-7-15(10-14)27(30)31)21(24,20(28)29)13(2)26(12)11-17(22)23/h3-10,13,17,19H,11H2,1-2H3,(H,28,29). The van der Waals surface area contributed by atoms with Crippen LogP contribution in [0, 0.1) is 10.1 Å². The van der Waals surface area contributed by atoms with E-state index in [1.165, 1.54) is 44.3 Å². The number of benzene rings is 1. The number of nitro groups is 1. The van der Waals surface area contributed by atoms with E-state index in [4.69, 9.17) is 0 Å². The fraction of sp³-hybridized carbons (Fsp3) is 0.333. The number of rotatable bonds is 6. The molecular formula is C21H20F3N3O4. The van der Waals surface area contributed by atoms with Gasteiger partial charge in [-0.15, -0.1) is 0 Å². The summed E-state index contributed by atoms with van der Waals surface area (Å²) >= 11 is 0. The highest BCUT2D eigenvalue weighted by Gasteiger charge is 2.59. The first-order valence-corrected chi connectivity index (χ1v) is 9.42. The first-order chi connectivity index (χ1) is 14.6. The van der Waals surface area contributed by atoms with Gasteiger partial charge in [-0.05, 0) is 31.5 Å². The second-order valence-corrected chi connectivity index (χ2v) is 7.29. The Hall–Kier alpha value is -3.43. The van der Waals surface area contributed by atoms with Crippen LogP contribution in [0.25, 0.3) is 5.57 Å². The molecule has 7 nitrogen and oxygen atoms in total. The number of non-ortho nitro benzene ring substituents is 1. The minimum absolute atomic E-state index is 0.0441. The van der Waals surface area contributed by atoms with E-state index in [1.807, 2.05) is 0 Å². The van der Waals surface area contributed by atoms with E-state index in [9.17, 15) is 28.8 Å². The zero-order chi connectivity index (χ0) is 22.9. The molecular weight excluding hydrogens is 415 g/mol. The Bertz CT molecular complexity index is 1030. The molecule has 3 atom stereocenters. The van der Waals surface area contributed by atoms with Gasteiger partial charge < -0.3 is 10.0 Å². The largest absolute Gasteiger partial charge is 0.479 e. The van der Waals surface area contributed by atoms with Crippen molar-refractivity contribution in [1.29, 1.82) is 0 Å². The number of alkyl halides is 3. The van der Waals surface area contributed by atoms with E-state index in [0.717, 1.165) is 11.0 Å². The molecule has 3 rings (SSSR count). The Labute approximate surface area is 176 Å². The number of hydrogen-bond acceptors (Lipinski definition) is 5. The molecule has 0 spiro atoms. The minimum Gasteiger partial charge on any atom is -0.479 e. The van der Waals surface area contributed by atoms with Gasteiger partial charge >= 0.3 is 5.97 Å². The lowest BCUT2D eigenvalue weighted by Gasteiger charge is -2.48. The lowest BCUT2D eigenvalue weighted by molar-refractivity contribution is -0.384. The van der Waals surface area contributed by atoms with Gasteiger partial charge in [-0.1, -0.05) is 18.2 Å². The molecule has 31 heavy (non-hydrogen) atoms. The van der Waals surface area contributed by atoms with E-state index in [2.05, 4.69) is 4.98 Å². The summed E-state index contributed by atoms with van der Waals surface area (Å²) in [6.07, 6.45) is -1.43. The van der Waals surface area contributed by atoms with E-state index in [1.54, 1.807) is 12.1 Å². The number of carboxylic acid groups (broad SMARTS) is 1. The summed E-state index contributed by atoms with van der Waals surface area (Å²) in [5.74, 6) is -3.36. The van der Waals surface area contributed by atoms with Crippen molar-refractivity contribution in [1.82, 2.24) is 9.88 Å². The SMILES string of the molecule is CC1=C(c2ccccn2)C(c2cccc([N+](=O)[O-])c2)C(F)(C(=O)O)C(C)N1CC(F)F. The molecule has 1 aliphatic heterocycles. The molecule has 1 aromatic carbocycles. The van der Waals surface area contributed by atoms with E-state index >= 15 is 4.39 Å². The Morgan fingerprint density at radius 1 is 1.32 bits per heavy atom. The fourth-order valence-corrected chi connectivity index (χ4v) is 4.16. The smallest absolute Gasteiger partial charge is 0.344 e. The maximum absolute atomic E-state index is 16.5. The number of allylic oxidation sites excluding steroid dienone is 2. The van der Waals surface area contributed by atoms with Gasteiger partial charge in [0, 0.05) is 29.6 Å². The van der Waals surface area contributed by atoms with Crippen molar-refractivity contribution in [3.8, 4) is 0 Å². The Morgan fingerprint density at radius 2 is 2.03 bits per heavy atom. The Morgan fingerprint density at radius 3 is 2.58 bits per heavy atom. The van der Waals surface area contributed by atoms with Crippen molar-refractivity contribution in [2.45, 2.75) is 37.9 Å². The van der Waals surface area contributed by atoms with Crippen molar-refractivity contribution in [3.05, 3.63) is 75.7 Å². The van der Waals surface area contributed by atoms with Crippen LogP contribution in [0.1, 0.15) is 31.0 Å². The molecule has 0 saturated heterocycles. The summed E-state index contributed by atoms with van der Waals surface area (Å²) in [5, 5.41) is 21.2. The average molecular weight is 435 g/mol. The summed E-state index contributed by atoms with van der Waals surface area (Å²) in [4.78, 5) is 28.0. The number of pyridine rings is 1. The van der Waals surface area contributed by atoms with Crippen LogP contribution < -0.4 is 0 Å². The normalized spacial score (nSPS) is 23.9. The van der Waals surface area contributed by atoms with E-state index in [-0.39, 0.29) is 28.2 Å². The first kappa shape index (κ1) is 22.3. The molecule has 2 heterocycles. The van der Waals surface area contributed by atoms with Crippen LogP contribution in [0.3, 0.4) is 0 Å². The van der Waals surface area contributed by atoms with Gasteiger partial charge in [0.05, 0.1) is 29.1 Å². The number of carboxylic acids is 1. The first-order valence-electron chi connectivity index (χ1n) is 9.42. The lowest BCUT2D eigenvalue weighted by Crippen LogP contribution is -2.60. The van der Waals surface area contributed by atoms with Crippen molar-refractivity contribution in [2.75, 3.05) is 6.54 Å². The molecule has 1 aliphatic rings. The molecule has 0 saturated carbocycles. The molecule has 10 heteroatoms. The molecule has 0 aliphatic carbocycles. The number of aliphatic carboxylic acids is 1. The van der Waals surface area contributed by atoms with Crippen molar-refractivity contribution in [3.63, 3.8) is 0 Å². The highest BCUT2D eigenvalue weighted by molar-refractivity contribution is 5.88. The molecule has 0 fully saturated rings. The summed E-state index contributed by atoms with van der Waals surface area (Å²) < 4.78 is 43.0. The average Bonchev–Trinajstić information content (AvgIpc) is 2.74. The number of hydrogen-bond donors (Lipinski definition) is 1. The van der Waals surface area contributed by atoms with E-state index < -0.39 is 41.5 Å². The van der Waals surface area contributed by atoms with Crippen LogP contribution in [0.2, 0.25) is 0 Å². The number of nitrogens with zero attached hydrogens (tertiary/aromatic N) is 3. The van der Waals surface area contributed by atoms with Gasteiger partial charge in [0.2, 0.25) is 5.67 Å². The van der Waals surface area contributed by atoms with E-state index in [0.29, 0.717) is 0 Å². The molecule has 3 unspecified atom stereocenters. The minimum atomic E-state index is -3.06. The predicted octanol–water partition coefficient (Wildman–Crippen LogP) is 4.27. The number of carbonyl (C=O) groups is 1. The number of halogens is 3. The quantitative estimate of drug-likeness (QED) is 0.538. The maximum Gasteiger partial charge on any atom is 0.344 e. The van der Waals surface area contributed by atoms with Crippen LogP contribution in [0.4, 0.5) is 18.9 Å². The highest BCUT2D eigenvalue weighted by Crippen LogP contribution is 2.51. The fourth-order valence-electron chi connectivity index (χ4n) is 4.16. The van der Waals surface area contributed by atoms with Gasteiger partial charge in [0.15, 0.2) is 0 Å². The van der Waals surface area contributed by atoms with Gasteiger partial charge in [0.25, 0.3) is 12.1 Å². The summed E-state index contributed by atoms with van der Waals surface area (Å²) in [5.41, 5.74) is -2.84. The molecule has 0 amide bonds. The van der Waals surface area contributed by atoms with Crippen LogP contribution >= 0.6 is 0 Å². The Balaban J connectivity index is 2.36. The summed E-state index contributed by atoms with van der Waals surface area (Å²) in [7, 11) is 0. The van der Waals surface area contributed by atoms with Crippen molar-refractivity contribution in [2.24, 2.45) is 0 Å². The molecule has 2 aromatic rings. The third-order valence-electron chi connectivity index (χ3n) is 5.62. The zero-order valence-corrected chi connectivity index (χ0v) is 16.7. The summed E-state index contributed by atoms with van der Waals surface area (Å²) in [6, 6.07) is 8.27. The predicted molar refractivity (Wildman–Crippen MR) is 106 cm³/mol. The number of nitro benzene ring substituents is 1. The van der Waals surface area contributed by atoms with Gasteiger partial charge in [-0.3, -0.25) is 15.1 Å². The molecule has 1 aromatic heterocycles. The second kappa shape index (κ2) is 8.37. The molecule has 0 radical (unpaired) electrons. The third kappa shape index (κ3) is 3.85. The molecule has 1 N–H and O–H groups in total. The molecule has 0 bridgehead atoms. The van der Waals surface area contributed by atoms with Crippen LogP contribution in [-0.2, 0) is 4.79 Å². The Kier molecular flexibility index (Phi) is 6.01. The number of aromatic nitrogens is 1. The van der Waals surface area contributed by atoms with Gasteiger partial charge in [0.1, 0.15) is 0 Å². The van der Waals surface area contributed by atoms with Gasteiger partial charge in [-0.25, -0.2) is 18.0 Å². The molecule has 164 valence electrons. The van der Waals surface area contributed by atoms with Crippen molar-refractivity contribution < 1.29 is 28.0 Å². The van der Waals surface area contributed by atoms with Crippen LogP contribution in [-0.4, -0.2) is 50.6 Å². The monoisotopic (exact) mass is 435 g/mol. The second-order valence-electron chi connectivity index (χ2n) is 7.29. The highest BCUT2D eigenvalue weighted by atomic mass is 19.3. The maximum atomic E-state index is 16.5. The lowest BCUT2D eigenvalue weighted by atomic mass is 9.69. The van der Waals surface area contributed by atoms with Gasteiger partial charge in [-0.2, -0.15) is 0 Å². The van der Waals surface area contributed by atoms with Crippen LogP contribution in [0.5, 0.6) is 0 Å². The summed E-state index contributed by atoms with van der Waals surface area (Å²) in [6.45, 7) is 1.85. The van der Waals surface area contributed by atoms with Crippen molar-refractivity contribution >= 4 is 17.2 Å². The van der Waals surface area contributed by atoms with Crippen LogP contribution in [0.15, 0.2) is 54.4 Å². The topological polar surface area (TPSA) is 96.6 Å². The third-order valence-corrected chi connectivity index (χ3v) is 5.62.